The summed E-state index contributed by atoms with van der Waals surface area (Å²) < 4.78 is 10.1. The van der Waals surface area contributed by atoms with Crippen molar-refractivity contribution in [2.45, 2.75) is 13.0 Å². The zero-order valence-corrected chi connectivity index (χ0v) is 12.9. The number of hydrogen-bond donors (Lipinski definition) is 2. The second kappa shape index (κ2) is 6.97. The molecule has 2 aromatic heterocycles. The lowest BCUT2D eigenvalue weighted by Crippen LogP contribution is -2.36. The summed E-state index contributed by atoms with van der Waals surface area (Å²) in [5.41, 5.74) is 1.97. The van der Waals surface area contributed by atoms with E-state index in [0.29, 0.717) is 24.2 Å². The minimum atomic E-state index is -0.699. The number of amides is 2. The summed E-state index contributed by atoms with van der Waals surface area (Å²) in [6, 6.07) is 5.12. The number of anilines is 1. The fourth-order valence-corrected chi connectivity index (χ4v) is 2.53. The highest BCUT2D eigenvalue weighted by molar-refractivity contribution is 7.00. The van der Waals surface area contributed by atoms with E-state index in [-0.39, 0.29) is 0 Å². The molecule has 0 aliphatic rings. The molecule has 0 atom stereocenters. The summed E-state index contributed by atoms with van der Waals surface area (Å²) in [6.45, 7) is 1.15. The topological polar surface area (TPSA) is 102 Å². The summed E-state index contributed by atoms with van der Waals surface area (Å²) >= 11 is 1.10. The van der Waals surface area contributed by atoms with Gasteiger partial charge in [0.05, 0.1) is 18.1 Å². The second-order valence-electron chi connectivity index (χ2n) is 4.83. The number of imidazole rings is 1. The van der Waals surface area contributed by atoms with Crippen molar-refractivity contribution in [1.82, 2.24) is 23.6 Å². The molecule has 9 heteroatoms. The van der Waals surface area contributed by atoms with Crippen molar-refractivity contribution in [3.63, 3.8) is 0 Å². The Morgan fingerprint density at radius 2 is 2.04 bits per heavy atom. The average Bonchev–Trinajstić information content (AvgIpc) is 3.22. The first-order valence-electron chi connectivity index (χ1n) is 6.99. The van der Waals surface area contributed by atoms with Crippen LogP contribution in [0.3, 0.4) is 0 Å². The third-order valence-electron chi connectivity index (χ3n) is 3.16. The van der Waals surface area contributed by atoms with E-state index < -0.39 is 11.8 Å². The van der Waals surface area contributed by atoms with Gasteiger partial charge in [0, 0.05) is 31.2 Å². The molecular weight excluding hydrogens is 316 g/mol. The number of hydrogen-bond acceptors (Lipinski definition) is 6. The molecule has 0 saturated carbocycles. The summed E-state index contributed by atoms with van der Waals surface area (Å²) in [4.78, 5) is 27.5. The van der Waals surface area contributed by atoms with Gasteiger partial charge in [0.15, 0.2) is 0 Å². The lowest BCUT2D eigenvalue weighted by molar-refractivity contribution is -0.136. The summed E-state index contributed by atoms with van der Waals surface area (Å²) in [6.07, 6.45) is 5.96. The van der Waals surface area contributed by atoms with Gasteiger partial charge in [-0.3, -0.25) is 9.59 Å². The summed E-state index contributed by atoms with van der Waals surface area (Å²) in [5.74, 6) is -1.36. The third kappa shape index (κ3) is 3.89. The van der Waals surface area contributed by atoms with Gasteiger partial charge in [0.1, 0.15) is 11.0 Å². The average molecular weight is 330 g/mol. The van der Waals surface area contributed by atoms with Gasteiger partial charge in [0.25, 0.3) is 0 Å². The molecule has 23 heavy (non-hydrogen) atoms. The molecule has 0 aliphatic heterocycles. The molecule has 0 saturated heterocycles. The Kier molecular flexibility index (Phi) is 4.57. The maximum absolute atomic E-state index is 11.8. The van der Waals surface area contributed by atoms with Crippen LogP contribution in [-0.4, -0.2) is 36.7 Å². The molecule has 2 amide bonds. The van der Waals surface area contributed by atoms with Crippen molar-refractivity contribution in [2.24, 2.45) is 0 Å². The van der Waals surface area contributed by atoms with Crippen molar-refractivity contribution in [1.29, 1.82) is 0 Å². The highest BCUT2D eigenvalue weighted by atomic mass is 32.1. The predicted octanol–water partition coefficient (Wildman–Crippen LogP) is 1.03. The van der Waals surface area contributed by atoms with E-state index in [4.69, 9.17) is 0 Å². The van der Waals surface area contributed by atoms with Crippen LogP contribution in [0.4, 0.5) is 5.69 Å². The Balaban J connectivity index is 1.46. The van der Waals surface area contributed by atoms with Crippen LogP contribution in [0, 0.1) is 0 Å². The number of aromatic nitrogens is 4. The van der Waals surface area contributed by atoms with Crippen LogP contribution in [0.2, 0.25) is 0 Å². The van der Waals surface area contributed by atoms with E-state index in [1.54, 1.807) is 30.7 Å². The number of nitrogens with zero attached hydrogens (tertiary/aromatic N) is 4. The summed E-state index contributed by atoms with van der Waals surface area (Å²) in [5, 5.41) is 5.14. The largest absolute Gasteiger partial charge is 0.348 e. The van der Waals surface area contributed by atoms with Crippen molar-refractivity contribution in [2.75, 3.05) is 11.9 Å². The first-order valence-corrected chi connectivity index (χ1v) is 7.72. The first-order chi connectivity index (χ1) is 11.2. The fraction of sp³-hybridized carbons (Fsp3) is 0.214. The number of rotatable bonds is 5. The maximum atomic E-state index is 11.8. The highest BCUT2D eigenvalue weighted by Gasteiger charge is 2.13. The lowest BCUT2D eigenvalue weighted by Gasteiger charge is -2.07. The Labute approximate surface area is 135 Å². The van der Waals surface area contributed by atoms with E-state index in [2.05, 4.69) is 24.4 Å². The molecule has 8 nitrogen and oxygen atoms in total. The molecule has 1 aromatic carbocycles. The lowest BCUT2D eigenvalue weighted by atomic mass is 10.2. The molecule has 0 unspecified atom stereocenters. The Morgan fingerprint density at radius 3 is 2.87 bits per heavy atom. The number of carbonyl (C=O) groups excluding carboxylic acids is 2. The molecular formula is C14H14N6O2S. The quantitative estimate of drug-likeness (QED) is 0.537. The predicted molar refractivity (Wildman–Crippen MR) is 85.9 cm³/mol. The standard InChI is InChI=1S/C14H14N6O2S/c21-13(16-4-1-6-20-7-5-15-9-20)14(22)17-10-2-3-11-12(8-10)19-23-18-11/h2-3,5,7-9H,1,4,6H2,(H,16,21)(H,17,22). The van der Waals surface area contributed by atoms with Crippen LogP contribution < -0.4 is 10.6 Å². The minimum absolute atomic E-state index is 0.416. The smallest absolute Gasteiger partial charge is 0.313 e. The molecule has 0 radical (unpaired) electrons. The van der Waals surface area contributed by atoms with Gasteiger partial charge in [-0.1, -0.05) is 0 Å². The minimum Gasteiger partial charge on any atom is -0.348 e. The van der Waals surface area contributed by atoms with E-state index in [1.807, 2.05) is 10.8 Å². The zero-order valence-electron chi connectivity index (χ0n) is 12.1. The van der Waals surface area contributed by atoms with Gasteiger partial charge in [-0.25, -0.2) is 4.98 Å². The van der Waals surface area contributed by atoms with Gasteiger partial charge in [-0.15, -0.1) is 0 Å². The van der Waals surface area contributed by atoms with Crippen LogP contribution in [0.5, 0.6) is 0 Å². The molecule has 0 fully saturated rings. The zero-order chi connectivity index (χ0) is 16.1. The Bertz CT molecular complexity index is 814. The third-order valence-corrected chi connectivity index (χ3v) is 3.71. The van der Waals surface area contributed by atoms with E-state index in [9.17, 15) is 9.59 Å². The molecule has 2 heterocycles. The van der Waals surface area contributed by atoms with Crippen LogP contribution in [-0.2, 0) is 16.1 Å². The Hall–Kier alpha value is -2.81. The molecule has 0 bridgehead atoms. The van der Waals surface area contributed by atoms with Crippen molar-refractivity contribution >= 4 is 40.3 Å². The van der Waals surface area contributed by atoms with Gasteiger partial charge in [-0.05, 0) is 24.6 Å². The monoisotopic (exact) mass is 330 g/mol. The van der Waals surface area contributed by atoms with Crippen molar-refractivity contribution in [3.05, 3.63) is 36.9 Å². The highest BCUT2D eigenvalue weighted by Crippen LogP contribution is 2.16. The van der Waals surface area contributed by atoms with Crippen LogP contribution in [0.25, 0.3) is 11.0 Å². The number of carbonyl (C=O) groups is 2. The van der Waals surface area contributed by atoms with Crippen LogP contribution >= 0.6 is 11.7 Å². The molecule has 2 N–H and O–H groups in total. The van der Waals surface area contributed by atoms with Crippen LogP contribution in [0.1, 0.15) is 6.42 Å². The molecule has 0 spiro atoms. The maximum Gasteiger partial charge on any atom is 0.313 e. The second-order valence-corrected chi connectivity index (χ2v) is 5.36. The van der Waals surface area contributed by atoms with E-state index in [0.717, 1.165) is 23.8 Å². The van der Waals surface area contributed by atoms with Gasteiger partial charge in [0.2, 0.25) is 0 Å². The number of aryl methyl sites for hydroxylation is 1. The van der Waals surface area contributed by atoms with Gasteiger partial charge >= 0.3 is 11.8 Å². The molecule has 3 aromatic rings. The SMILES string of the molecule is O=C(NCCCn1ccnc1)C(=O)Nc1ccc2nsnc2c1. The fourth-order valence-electron chi connectivity index (χ4n) is 2.01. The van der Waals surface area contributed by atoms with Gasteiger partial charge in [-0.2, -0.15) is 8.75 Å². The number of benzene rings is 1. The normalized spacial score (nSPS) is 10.6. The Morgan fingerprint density at radius 1 is 1.17 bits per heavy atom. The number of nitrogens with one attached hydrogen (secondary N) is 2. The van der Waals surface area contributed by atoms with Gasteiger partial charge < -0.3 is 15.2 Å². The van der Waals surface area contributed by atoms with Crippen molar-refractivity contribution < 1.29 is 9.59 Å². The molecule has 3 rings (SSSR count). The van der Waals surface area contributed by atoms with E-state index in [1.165, 1.54) is 0 Å². The first kappa shape index (κ1) is 15.1. The number of fused-ring (bicyclic) bond motifs is 1. The summed E-state index contributed by atoms with van der Waals surface area (Å²) in [7, 11) is 0. The van der Waals surface area contributed by atoms with E-state index >= 15 is 0 Å². The molecule has 118 valence electrons. The van der Waals surface area contributed by atoms with Crippen molar-refractivity contribution in [3.8, 4) is 0 Å². The molecule has 0 aliphatic carbocycles. The van der Waals surface area contributed by atoms with Crippen LogP contribution in [0.15, 0.2) is 36.9 Å².